The van der Waals surface area contributed by atoms with Crippen molar-refractivity contribution in [1.29, 1.82) is 0 Å². The summed E-state index contributed by atoms with van der Waals surface area (Å²) in [4.78, 5) is 25.1. The van der Waals surface area contributed by atoms with Gasteiger partial charge in [-0.15, -0.1) is 11.3 Å². The zero-order valence-corrected chi connectivity index (χ0v) is 13.9. The molecule has 118 valence electrons. The van der Waals surface area contributed by atoms with Gasteiger partial charge in [0, 0.05) is 30.4 Å². The lowest BCUT2D eigenvalue weighted by molar-refractivity contribution is -0.134. The topological polar surface area (TPSA) is 58.1 Å². The summed E-state index contributed by atoms with van der Waals surface area (Å²) in [6.07, 6.45) is 5.58. The Labute approximate surface area is 134 Å². The van der Waals surface area contributed by atoms with Gasteiger partial charge in [-0.3, -0.25) is 4.79 Å². The summed E-state index contributed by atoms with van der Waals surface area (Å²) in [6.45, 7) is 5.73. The summed E-state index contributed by atoms with van der Waals surface area (Å²) in [6, 6.07) is 2.48. The van der Waals surface area contributed by atoms with Crippen LogP contribution in [0.2, 0.25) is 0 Å². The number of nitrogens with one attached hydrogen (secondary N) is 1. The molecule has 3 heterocycles. The van der Waals surface area contributed by atoms with Crippen LogP contribution in [0.5, 0.6) is 0 Å². The number of carbonyl (C=O) groups is 1. The van der Waals surface area contributed by atoms with Crippen LogP contribution in [0.3, 0.4) is 0 Å². The molecule has 1 N–H and O–H groups in total. The Morgan fingerprint density at radius 1 is 1.45 bits per heavy atom. The van der Waals surface area contributed by atoms with E-state index in [9.17, 15) is 4.79 Å². The number of carbonyl (C=O) groups excluding carboxylic acids is 1. The second kappa shape index (κ2) is 6.60. The molecular formula is C16H22N4OS. The summed E-state index contributed by atoms with van der Waals surface area (Å²) in [7, 11) is 0. The van der Waals surface area contributed by atoms with Gasteiger partial charge in [-0.2, -0.15) is 0 Å². The molecule has 0 aromatic carbocycles. The second-order valence-electron chi connectivity index (χ2n) is 5.91. The number of hydrogen-bond acceptors (Lipinski definition) is 5. The summed E-state index contributed by atoms with van der Waals surface area (Å²) in [5.74, 6) is 1.07. The Hall–Kier alpha value is -1.69. The Kier molecular flexibility index (Phi) is 4.57. The molecule has 0 spiro atoms. The van der Waals surface area contributed by atoms with Gasteiger partial charge >= 0.3 is 0 Å². The Morgan fingerprint density at radius 2 is 2.32 bits per heavy atom. The van der Waals surface area contributed by atoms with E-state index in [0.29, 0.717) is 19.0 Å². The van der Waals surface area contributed by atoms with Crippen molar-refractivity contribution in [1.82, 2.24) is 14.9 Å². The van der Waals surface area contributed by atoms with Crippen LogP contribution in [-0.4, -0.2) is 39.9 Å². The van der Waals surface area contributed by atoms with E-state index in [1.54, 1.807) is 17.7 Å². The Balaban J connectivity index is 1.59. The van der Waals surface area contributed by atoms with Gasteiger partial charge in [-0.25, -0.2) is 9.97 Å². The Bertz CT molecular complexity index is 669. The van der Waals surface area contributed by atoms with Crippen molar-refractivity contribution in [3.63, 3.8) is 0 Å². The van der Waals surface area contributed by atoms with Crippen molar-refractivity contribution in [3.8, 4) is 0 Å². The standard InChI is InChI=1S/C16H22N4OS/c1-11-5-3-4-8-20(11)14(21)6-7-17-15-13-9-12(2)22-16(13)19-10-18-15/h9-11H,3-8H2,1-2H3,(H,17,18,19). The van der Waals surface area contributed by atoms with Gasteiger partial charge in [0.15, 0.2) is 0 Å². The smallest absolute Gasteiger partial charge is 0.224 e. The third-order valence-electron chi connectivity index (χ3n) is 4.21. The van der Waals surface area contributed by atoms with E-state index in [1.165, 1.54) is 11.3 Å². The minimum absolute atomic E-state index is 0.242. The average Bonchev–Trinajstić information content (AvgIpc) is 2.88. The molecule has 6 heteroatoms. The third-order valence-corrected chi connectivity index (χ3v) is 5.17. The fourth-order valence-corrected chi connectivity index (χ4v) is 3.86. The van der Waals surface area contributed by atoms with E-state index in [2.05, 4.69) is 35.2 Å². The average molecular weight is 318 g/mol. The van der Waals surface area contributed by atoms with E-state index < -0.39 is 0 Å². The number of fused-ring (bicyclic) bond motifs is 1. The van der Waals surface area contributed by atoms with Crippen molar-refractivity contribution in [2.24, 2.45) is 0 Å². The van der Waals surface area contributed by atoms with Crippen molar-refractivity contribution in [2.75, 3.05) is 18.4 Å². The van der Waals surface area contributed by atoms with E-state index in [1.807, 2.05) is 4.90 Å². The molecule has 2 aromatic heterocycles. The predicted molar refractivity (Wildman–Crippen MR) is 90.3 cm³/mol. The minimum Gasteiger partial charge on any atom is -0.369 e. The summed E-state index contributed by atoms with van der Waals surface area (Å²) >= 11 is 1.66. The lowest BCUT2D eigenvalue weighted by Gasteiger charge is -2.33. The number of aryl methyl sites for hydroxylation is 1. The molecule has 0 bridgehead atoms. The number of nitrogens with zero attached hydrogens (tertiary/aromatic N) is 3. The highest BCUT2D eigenvalue weighted by atomic mass is 32.1. The molecule has 3 rings (SSSR count). The van der Waals surface area contributed by atoms with Gasteiger partial charge in [-0.1, -0.05) is 0 Å². The van der Waals surface area contributed by atoms with Crippen molar-refractivity contribution in [2.45, 2.75) is 45.6 Å². The van der Waals surface area contributed by atoms with Crippen molar-refractivity contribution < 1.29 is 4.79 Å². The maximum atomic E-state index is 12.3. The molecule has 1 unspecified atom stereocenters. The first-order valence-electron chi connectivity index (χ1n) is 7.89. The summed E-state index contributed by atoms with van der Waals surface area (Å²) < 4.78 is 0. The SMILES string of the molecule is Cc1cc2c(NCCC(=O)N3CCCCC3C)ncnc2s1. The molecule has 1 atom stereocenters. The van der Waals surface area contributed by atoms with Crippen molar-refractivity contribution >= 4 is 33.3 Å². The van der Waals surface area contributed by atoms with Crippen molar-refractivity contribution in [3.05, 3.63) is 17.3 Å². The number of thiophene rings is 1. The first-order chi connectivity index (χ1) is 10.6. The van der Waals surface area contributed by atoms with Gasteiger partial charge in [0.05, 0.1) is 5.39 Å². The van der Waals surface area contributed by atoms with E-state index in [0.717, 1.165) is 35.4 Å². The van der Waals surface area contributed by atoms with Gasteiger partial charge < -0.3 is 10.2 Å². The highest BCUT2D eigenvalue weighted by molar-refractivity contribution is 7.18. The molecule has 1 aliphatic heterocycles. The van der Waals surface area contributed by atoms with Crippen LogP contribution in [-0.2, 0) is 4.79 Å². The minimum atomic E-state index is 0.242. The summed E-state index contributed by atoms with van der Waals surface area (Å²) in [5.41, 5.74) is 0. The molecule has 2 aromatic rings. The molecule has 1 fully saturated rings. The molecule has 0 aliphatic carbocycles. The highest BCUT2D eigenvalue weighted by Crippen LogP contribution is 2.27. The lowest BCUT2D eigenvalue weighted by atomic mass is 10.0. The van der Waals surface area contributed by atoms with E-state index in [4.69, 9.17) is 0 Å². The van der Waals surface area contributed by atoms with Crippen LogP contribution in [0.1, 0.15) is 37.5 Å². The lowest BCUT2D eigenvalue weighted by Crippen LogP contribution is -2.42. The molecule has 22 heavy (non-hydrogen) atoms. The molecule has 1 aliphatic rings. The maximum absolute atomic E-state index is 12.3. The number of likely N-dealkylation sites (tertiary alicyclic amines) is 1. The summed E-state index contributed by atoms with van der Waals surface area (Å²) in [5, 5.41) is 4.34. The fourth-order valence-electron chi connectivity index (χ4n) is 3.02. The van der Waals surface area contributed by atoms with Crippen LogP contribution in [0.15, 0.2) is 12.4 Å². The van der Waals surface area contributed by atoms with Crippen LogP contribution in [0, 0.1) is 6.92 Å². The number of hydrogen-bond donors (Lipinski definition) is 1. The quantitative estimate of drug-likeness (QED) is 0.940. The zero-order valence-electron chi connectivity index (χ0n) is 13.1. The normalized spacial score (nSPS) is 18.6. The van der Waals surface area contributed by atoms with Crippen LogP contribution < -0.4 is 5.32 Å². The number of rotatable bonds is 4. The Morgan fingerprint density at radius 3 is 3.14 bits per heavy atom. The van der Waals surface area contributed by atoms with Gasteiger partial charge in [-0.05, 0) is 39.2 Å². The number of aromatic nitrogens is 2. The van der Waals surface area contributed by atoms with E-state index >= 15 is 0 Å². The van der Waals surface area contributed by atoms with Gasteiger partial charge in [0.25, 0.3) is 0 Å². The molecular weight excluding hydrogens is 296 g/mol. The first kappa shape index (κ1) is 15.2. The van der Waals surface area contributed by atoms with Crippen LogP contribution in [0.4, 0.5) is 5.82 Å². The number of anilines is 1. The largest absolute Gasteiger partial charge is 0.369 e. The van der Waals surface area contributed by atoms with Crippen LogP contribution >= 0.6 is 11.3 Å². The molecule has 0 saturated carbocycles. The molecule has 1 amide bonds. The van der Waals surface area contributed by atoms with Crippen LogP contribution in [0.25, 0.3) is 10.2 Å². The first-order valence-corrected chi connectivity index (χ1v) is 8.71. The van der Waals surface area contributed by atoms with Gasteiger partial charge in [0.2, 0.25) is 5.91 Å². The number of piperidine rings is 1. The monoisotopic (exact) mass is 318 g/mol. The predicted octanol–water partition coefficient (Wildman–Crippen LogP) is 3.20. The molecule has 1 saturated heterocycles. The third kappa shape index (κ3) is 3.21. The van der Waals surface area contributed by atoms with Gasteiger partial charge in [0.1, 0.15) is 17.0 Å². The molecule has 5 nitrogen and oxygen atoms in total. The number of amides is 1. The molecule has 0 radical (unpaired) electrons. The van der Waals surface area contributed by atoms with E-state index in [-0.39, 0.29) is 5.91 Å². The highest BCUT2D eigenvalue weighted by Gasteiger charge is 2.22. The fraction of sp³-hybridized carbons (Fsp3) is 0.562. The maximum Gasteiger partial charge on any atom is 0.224 e. The second-order valence-corrected chi connectivity index (χ2v) is 7.14. The zero-order chi connectivity index (χ0) is 15.5.